The zero-order valence-corrected chi connectivity index (χ0v) is 8.82. The van der Waals surface area contributed by atoms with Crippen LogP contribution >= 0.6 is 11.6 Å². The van der Waals surface area contributed by atoms with Crippen LogP contribution in [0.3, 0.4) is 0 Å². The Morgan fingerprint density at radius 2 is 2.27 bits per heavy atom. The first-order valence-corrected chi connectivity index (χ1v) is 5.01. The SMILES string of the molecule is NC(Cc1ccoc1)c1ccc(Cl)cn1. The van der Waals surface area contributed by atoms with Gasteiger partial charge in [0.2, 0.25) is 0 Å². The summed E-state index contributed by atoms with van der Waals surface area (Å²) in [6.07, 6.45) is 5.64. The number of nitrogens with zero attached hydrogens (tertiary/aromatic N) is 1. The van der Waals surface area contributed by atoms with Gasteiger partial charge in [-0.05, 0) is 30.2 Å². The maximum Gasteiger partial charge on any atom is 0.0935 e. The van der Waals surface area contributed by atoms with Crippen LogP contribution in [0.25, 0.3) is 0 Å². The minimum absolute atomic E-state index is 0.125. The van der Waals surface area contributed by atoms with Gasteiger partial charge in [-0.2, -0.15) is 0 Å². The molecular weight excluding hydrogens is 212 g/mol. The van der Waals surface area contributed by atoms with Crippen molar-refractivity contribution in [2.45, 2.75) is 12.5 Å². The lowest BCUT2D eigenvalue weighted by molar-refractivity contribution is 0.560. The summed E-state index contributed by atoms with van der Waals surface area (Å²) in [5, 5.41) is 0.620. The van der Waals surface area contributed by atoms with Crippen molar-refractivity contribution in [3.8, 4) is 0 Å². The smallest absolute Gasteiger partial charge is 0.0935 e. The Morgan fingerprint density at radius 3 is 2.87 bits per heavy atom. The zero-order chi connectivity index (χ0) is 10.7. The Balaban J connectivity index is 2.08. The molecule has 78 valence electrons. The molecule has 2 aromatic heterocycles. The summed E-state index contributed by atoms with van der Waals surface area (Å²) in [6, 6.07) is 5.40. The topological polar surface area (TPSA) is 52.0 Å². The first-order valence-electron chi connectivity index (χ1n) is 4.64. The van der Waals surface area contributed by atoms with Crippen LogP contribution < -0.4 is 5.73 Å². The fourth-order valence-electron chi connectivity index (χ4n) is 1.37. The summed E-state index contributed by atoms with van der Waals surface area (Å²) in [6.45, 7) is 0. The van der Waals surface area contributed by atoms with Gasteiger partial charge in [-0.15, -0.1) is 0 Å². The van der Waals surface area contributed by atoms with E-state index in [1.165, 1.54) is 0 Å². The predicted octanol–water partition coefficient (Wildman–Crippen LogP) is 2.57. The van der Waals surface area contributed by atoms with Gasteiger partial charge in [0, 0.05) is 6.20 Å². The van der Waals surface area contributed by atoms with Crippen LogP contribution in [0, 0.1) is 0 Å². The van der Waals surface area contributed by atoms with Gasteiger partial charge in [0.15, 0.2) is 0 Å². The van der Waals surface area contributed by atoms with E-state index in [1.54, 1.807) is 24.8 Å². The van der Waals surface area contributed by atoms with Gasteiger partial charge >= 0.3 is 0 Å². The second-order valence-electron chi connectivity index (χ2n) is 3.34. The molecule has 2 aromatic rings. The number of hydrogen-bond donors (Lipinski definition) is 1. The van der Waals surface area contributed by atoms with Crippen LogP contribution in [0.5, 0.6) is 0 Å². The minimum Gasteiger partial charge on any atom is -0.472 e. The summed E-state index contributed by atoms with van der Waals surface area (Å²) < 4.78 is 4.97. The van der Waals surface area contributed by atoms with Crippen LogP contribution in [-0.2, 0) is 6.42 Å². The van der Waals surface area contributed by atoms with E-state index in [0.29, 0.717) is 11.4 Å². The zero-order valence-electron chi connectivity index (χ0n) is 8.06. The quantitative estimate of drug-likeness (QED) is 0.869. The minimum atomic E-state index is -0.125. The fraction of sp³-hybridized carbons (Fsp3) is 0.182. The summed E-state index contributed by atoms with van der Waals surface area (Å²) >= 11 is 5.74. The highest BCUT2D eigenvalue weighted by molar-refractivity contribution is 6.30. The molecule has 15 heavy (non-hydrogen) atoms. The highest BCUT2D eigenvalue weighted by Crippen LogP contribution is 2.16. The van der Waals surface area contributed by atoms with E-state index < -0.39 is 0 Å². The lowest BCUT2D eigenvalue weighted by atomic mass is 10.1. The molecule has 1 atom stereocenters. The van der Waals surface area contributed by atoms with Crippen molar-refractivity contribution in [2.75, 3.05) is 0 Å². The molecule has 1 unspecified atom stereocenters. The highest BCUT2D eigenvalue weighted by atomic mass is 35.5. The van der Waals surface area contributed by atoms with Crippen LogP contribution in [0.1, 0.15) is 17.3 Å². The van der Waals surface area contributed by atoms with E-state index in [1.807, 2.05) is 12.1 Å². The van der Waals surface area contributed by atoms with Crippen molar-refractivity contribution < 1.29 is 4.42 Å². The van der Waals surface area contributed by atoms with Gasteiger partial charge < -0.3 is 10.2 Å². The molecule has 0 bridgehead atoms. The molecule has 2 N–H and O–H groups in total. The van der Waals surface area contributed by atoms with Crippen molar-refractivity contribution in [3.05, 3.63) is 53.2 Å². The lowest BCUT2D eigenvalue weighted by Crippen LogP contribution is -2.14. The standard InChI is InChI=1S/C11H11ClN2O/c12-9-1-2-11(14-6-9)10(13)5-8-3-4-15-7-8/h1-4,6-7,10H,5,13H2. The fourth-order valence-corrected chi connectivity index (χ4v) is 1.49. The molecule has 0 spiro atoms. The Kier molecular flexibility index (Phi) is 3.04. The third-order valence-corrected chi connectivity index (χ3v) is 2.39. The summed E-state index contributed by atoms with van der Waals surface area (Å²) in [4.78, 5) is 4.17. The number of rotatable bonds is 3. The Labute approximate surface area is 92.9 Å². The van der Waals surface area contributed by atoms with E-state index in [9.17, 15) is 0 Å². The monoisotopic (exact) mass is 222 g/mol. The highest BCUT2D eigenvalue weighted by Gasteiger charge is 2.08. The number of furan rings is 1. The van der Waals surface area contributed by atoms with E-state index >= 15 is 0 Å². The number of halogens is 1. The average Bonchev–Trinajstić information content (AvgIpc) is 2.71. The van der Waals surface area contributed by atoms with Gasteiger partial charge in [-0.1, -0.05) is 11.6 Å². The van der Waals surface area contributed by atoms with Crippen molar-refractivity contribution >= 4 is 11.6 Å². The molecule has 4 heteroatoms. The van der Waals surface area contributed by atoms with Crippen LogP contribution in [-0.4, -0.2) is 4.98 Å². The molecule has 0 saturated heterocycles. The second kappa shape index (κ2) is 4.47. The predicted molar refractivity (Wildman–Crippen MR) is 58.6 cm³/mol. The summed E-state index contributed by atoms with van der Waals surface area (Å²) in [5.74, 6) is 0. The molecule has 0 radical (unpaired) electrons. The largest absolute Gasteiger partial charge is 0.472 e. The maximum absolute atomic E-state index is 5.99. The molecule has 3 nitrogen and oxygen atoms in total. The Morgan fingerprint density at radius 1 is 1.40 bits per heavy atom. The number of aromatic nitrogens is 1. The van der Waals surface area contributed by atoms with Gasteiger partial charge in [0.1, 0.15) is 0 Å². The third kappa shape index (κ3) is 2.58. The van der Waals surface area contributed by atoms with Crippen LogP contribution in [0.15, 0.2) is 41.3 Å². The van der Waals surface area contributed by atoms with Crippen LogP contribution in [0.4, 0.5) is 0 Å². The molecule has 2 heterocycles. The van der Waals surface area contributed by atoms with E-state index in [2.05, 4.69) is 4.98 Å². The van der Waals surface area contributed by atoms with E-state index in [-0.39, 0.29) is 6.04 Å². The molecule has 0 fully saturated rings. The first kappa shape index (κ1) is 10.2. The molecular formula is C11H11ClN2O. The van der Waals surface area contributed by atoms with Crippen LogP contribution in [0.2, 0.25) is 5.02 Å². The first-order chi connectivity index (χ1) is 7.25. The van der Waals surface area contributed by atoms with Crippen molar-refractivity contribution in [1.82, 2.24) is 4.98 Å². The molecule has 0 aliphatic carbocycles. The third-order valence-electron chi connectivity index (χ3n) is 2.17. The van der Waals surface area contributed by atoms with Crippen molar-refractivity contribution in [3.63, 3.8) is 0 Å². The van der Waals surface area contributed by atoms with Gasteiger partial charge in [-0.3, -0.25) is 4.98 Å². The Bertz CT molecular complexity index is 411. The maximum atomic E-state index is 5.99. The molecule has 0 saturated carbocycles. The van der Waals surface area contributed by atoms with Gasteiger partial charge in [-0.25, -0.2) is 0 Å². The van der Waals surface area contributed by atoms with E-state index in [0.717, 1.165) is 11.3 Å². The molecule has 0 aliphatic heterocycles. The van der Waals surface area contributed by atoms with E-state index in [4.69, 9.17) is 21.8 Å². The molecule has 2 rings (SSSR count). The number of hydrogen-bond acceptors (Lipinski definition) is 3. The van der Waals surface area contributed by atoms with Gasteiger partial charge in [0.25, 0.3) is 0 Å². The van der Waals surface area contributed by atoms with Gasteiger partial charge in [0.05, 0.1) is 29.3 Å². The lowest BCUT2D eigenvalue weighted by Gasteiger charge is -2.09. The average molecular weight is 223 g/mol. The second-order valence-corrected chi connectivity index (χ2v) is 3.78. The normalized spacial score (nSPS) is 12.7. The molecule has 0 amide bonds. The number of pyridine rings is 1. The number of nitrogens with two attached hydrogens (primary N) is 1. The van der Waals surface area contributed by atoms with Crippen molar-refractivity contribution in [2.24, 2.45) is 5.73 Å². The summed E-state index contributed by atoms with van der Waals surface area (Å²) in [7, 11) is 0. The molecule has 0 aromatic carbocycles. The molecule has 0 aliphatic rings. The Hall–Kier alpha value is -1.32. The summed E-state index contributed by atoms with van der Waals surface area (Å²) in [5.41, 5.74) is 7.89. The van der Waals surface area contributed by atoms with Crippen molar-refractivity contribution in [1.29, 1.82) is 0 Å².